The number of methoxy groups -OCH3 is 2. The van der Waals surface area contributed by atoms with Gasteiger partial charge in [-0.05, 0) is 50.6 Å². The molecule has 1 aliphatic heterocycles. The number of rotatable bonds is 4. The molecule has 3 rings (SSSR count). The molecule has 1 heterocycles. The van der Waals surface area contributed by atoms with Crippen LogP contribution in [0.2, 0.25) is 0 Å². The molecule has 0 aromatic heterocycles. The highest BCUT2D eigenvalue weighted by Crippen LogP contribution is 2.38. The smallest absolute Gasteiger partial charge is 0.391 e. The molecular formula is C17H26NO5P. The molecule has 2 unspecified atom stereocenters. The van der Waals surface area contributed by atoms with Crippen molar-refractivity contribution >= 4 is 8.60 Å². The number of hydrogen-bond acceptors (Lipinski definition) is 6. The van der Waals surface area contributed by atoms with Gasteiger partial charge in [-0.3, -0.25) is 4.90 Å². The molecule has 0 bridgehead atoms. The first-order valence-electron chi connectivity index (χ1n) is 7.99. The van der Waals surface area contributed by atoms with Crippen LogP contribution < -0.4 is 9.47 Å². The van der Waals surface area contributed by atoms with Gasteiger partial charge in [0.1, 0.15) is 5.76 Å². The maximum Gasteiger partial charge on any atom is 0.391 e. The minimum Gasteiger partial charge on any atom is -0.493 e. The first-order valence-corrected chi connectivity index (χ1v) is 9.15. The molecule has 134 valence electrons. The second-order valence-corrected chi connectivity index (χ2v) is 6.58. The Balaban J connectivity index is 0.000000185. The average Bonchev–Trinajstić information content (AvgIpc) is 2.95. The van der Waals surface area contributed by atoms with Gasteiger partial charge >= 0.3 is 8.60 Å². The summed E-state index contributed by atoms with van der Waals surface area (Å²) in [5, 5.41) is 0. The van der Waals surface area contributed by atoms with Crippen LogP contribution in [0.15, 0.2) is 36.1 Å². The van der Waals surface area contributed by atoms with Crippen molar-refractivity contribution in [2.24, 2.45) is 5.92 Å². The molecule has 0 saturated carbocycles. The summed E-state index contributed by atoms with van der Waals surface area (Å²) in [4.78, 5) is 19.8. The Morgan fingerprint density at radius 1 is 1.08 bits per heavy atom. The number of fused-ring (bicyclic) bond motifs is 1. The fourth-order valence-electron chi connectivity index (χ4n) is 3.20. The van der Waals surface area contributed by atoms with Crippen LogP contribution in [0.5, 0.6) is 11.5 Å². The third-order valence-corrected chi connectivity index (χ3v) is 4.85. The lowest BCUT2D eigenvalue weighted by Gasteiger charge is -2.27. The number of nitrogens with zero attached hydrogens (tertiary/aromatic N) is 1. The lowest BCUT2D eigenvalue weighted by atomic mass is 9.89. The molecule has 1 aromatic rings. The summed E-state index contributed by atoms with van der Waals surface area (Å²) in [6.07, 6.45) is 5.24. The summed E-state index contributed by atoms with van der Waals surface area (Å²) in [7, 11) is 3.11. The van der Waals surface area contributed by atoms with E-state index in [0.717, 1.165) is 42.6 Å². The van der Waals surface area contributed by atoms with E-state index < -0.39 is 8.60 Å². The highest BCUT2D eigenvalue weighted by molar-refractivity contribution is 7.39. The lowest BCUT2D eigenvalue weighted by molar-refractivity contribution is 0.255. The summed E-state index contributed by atoms with van der Waals surface area (Å²) in [5.41, 5.74) is 0. The van der Waals surface area contributed by atoms with Crippen LogP contribution in [0.4, 0.5) is 0 Å². The van der Waals surface area contributed by atoms with Crippen LogP contribution in [-0.4, -0.2) is 48.5 Å². The minimum atomic E-state index is -2.24. The number of para-hydroxylation sites is 2. The maximum atomic E-state index is 8.75. The molecule has 1 saturated heterocycles. The predicted molar refractivity (Wildman–Crippen MR) is 93.8 cm³/mol. The molecule has 6 nitrogen and oxygen atoms in total. The molecule has 2 N–H and O–H groups in total. The van der Waals surface area contributed by atoms with Gasteiger partial charge in [-0.25, -0.2) is 0 Å². The Kier molecular flexibility index (Phi) is 7.31. The lowest BCUT2D eigenvalue weighted by Crippen LogP contribution is -2.30. The molecule has 1 aliphatic carbocycles. The fourth-order valence-corrected chi connectivity index (χ4v) is 3.56. The predicted octanol–water partition coefficient (Wildman–Crippen LogP) is 2.92. The first-order chi connectivity index (χ1) is 11.5. The van der Waals surface area contributed by atoms with E-state index in [2.05, 4.69) is 11.9 Å². The second-order valence-electron chi connectivity index (χ2n) is 5.89. The highest BCUT2D eigenvalue weighted by Gasteiger charge is 2.33. The van der Waals surface area contributed by atoms with Crippen molar-refractivity contribution in [2.45, 2.75) is 25.3 Å². The normalized spacial score (nSPS) is 23.0. The van der Waals surface area contributed by atoms with E-state index >= 15 is 0 Å². The molecule has 1 aromatic carbocycles. The molecular weight excluding hydrogens is 329 g/mol. The van der Waals surface area contributed by atoms with Crippen molar-refractivity contribution in [3.05, 3.63) is 36.1 Å². The zero-order chi connectivity index (χ0) is 17.5. The summed E-state index contributed by atoms with van der Waals surface area (Å²) < 4.78 is 15.0. The number of allylic oxidation sites excluding steroid dienone is 1. The summed E-state index contributed by atoms with van der Waals surface area (Å²) >= 11 is 0. The molecule has 7 heteroatoms. The van der Waals surface area contributed by atoms with Gasteiger partial charge in [-0.1, -0.05) is 12.1 Å². The molecule has 1 fully saturated rings. The Bertz CT molecular complexity index is 529. The van der Waals surface area contributed by atoms with Crippen LogP contribution in [0.25, 0.3) is 0 Å². The SMILES string of the molecule is CN1CCC2CCC(OP(O)O)=CC21.COc1ccccc1OC. The largest absolute Gasteiger partial charge is 0.493 e. The van der Waals surface area contributed by atoms with E-state index in [0.29, 0.717) is 6.04 Å². The molecule has 24 heavy (non-hydrogen) atoms. The van der Waals surface area contributed by atoms with E-state index in [1.165, 1.54) is 6.42 Å². The molecule has 2 aliphatic rings. The van der Waals surface area contributed by atoms with Crippen molar-refractivity contribution < 1.29 is 23.8 Å². The zero-order valence-corrected chi connectivity index (χ0v) is 15.3. The highest BCUT2D eigenvalue weighted by atomic mass is 31.2. The average molecular weight is 355 g/mol. The molecule has 0 spiro atoms. The Morgan fingerprint density at radius 3 is 2.25 bits per heavy atom. The number of likely N-dealkylation sites (tertiary alicyclic amines) is 1. The summed E-state index contributed by atoms with van der Waals surface area (Å²) in [6.45, 7) is 1.13. The van der Waals surface area contributed by atoms with E-state index in [1.807, 2.05) is 30.3 Å². The van der Waals surface area contributed by atoms with Gasteiger partial charge in [-0.2, -0.15) is 0 Å². The first kappa shape index (κ1) is 19.0. The van der Waals surface area contributed by atoms with Crippen LogP contribution in [0.1, 0.15) is 19.3 Å². The monoisotopic (exact) mass is 355 g/mol. The Hall–Kier alpha value is -1.33. The molecule has 0 radical (unpaired) electrons. The van der Waals surface area contributed by atoms with Crippen LogP contribution in [-0.2, 0) is 4.52 Å². The van der Waals surface area contributed by atoms with Gasteiger partial charge in [-0.15, -0.1) is 0 Å². The van der Waals surface area contributed by atoms with Crippen molar-refractivity contribution in [2.75, 3.05) is 27.8 Å². The molecule has 2 atom stereocenters. The van der Waals surface area contributed by atoms with Gasteiger partial charge < -0.3 is 23.8 Å². The van der Waals surface area contributed by atoms with Gasteiger partial charge in [0.25, 0.3) is 0 Å². The Morgan fingerprint density at radius 2 is 1.71 bits per heavy atom. The third-order valence-electron chi connectivity index (χ3n) is 4.45. The molecule has 0 amide bonds. The van der Waals surface area contributed by atoms with E-state index in [9.17, 15) is 0 Å². The van der Waals surface area contributed by atoms with Gasteiger partial charge in [0.2, 0.25) is 0 Å². The standard InChI is InChI=1S/C9H16NO3P.C8H10O2/c1-10-5-4-7-2-3-8(6-9(7)10)13-14(11)12;1-9-7-5-3-4-6-8(7)10-2/h6-7,9,11-12H,2-5H2,1H3;3-6H,1-2H3. The van der Waals surface area contributed by atoms with Crippen LogP contribution >= 0.6 is 8.60 Å². The van der Waals surface area contributed by atoms with Gasteiger partial charge in [0.15, 0.2) is 11.5 Å². The van der Waals surface area contributed by atoms with Crippen molar-refractivity contribution in [3.8, 4) is 11.5 Å². The minimum absolute atomic E-state index is 0.439. The van der Waals surface area contributed by atoms with Crippen LogP contribution in [0, 0.1) is 5.92 Å². The van der Waals surface area contributed by atoms with Crippen molar-refractivity contribution in [3.63, 3.8) is 0 Å². The van der Waals surface area contributed by atoms with Crippen LogP contribution in [0.3, 0.4) is 0 Å². The second kappa shape index (κ2) is 9.23. The topological polar surface area (TPSA) is 71.4 Å². The maximum absolute atomic E-state index is 8.75. The number of hydrogen-bond donors (Lipinski definition) is 2. The van der Waals surface area contributed by atoms with E-state index in [4.69, 9.17) is 23.8 Å². The Labute approximate surface area is 144 Å². The van der Waals surface area contributed by atoms with Gasteiger partial charge in [0, 0.05) is 12.5 Å². The van der Waals surface area contributed by atoms with Crippen molar-refractivity contribution in [1.29, 1.82) is 0 Å². The number of ether oxygens (including phenoxy) is 2. The summed E-state index contributed by atoms with van der Waals surface area (Å²) in [5.74, 6) is 3.02. The summed E-state index contributed by atoms with van der Waals surface area (Å²) in [6, 6.07) is 7.97. The van der Waals surface area contributed by atoms with Crippen molar-refractivity contribution in [1.82, 2.24) is 4.90 Å². The van der Waals surface area contributed by atoms with Gasteiger partial charge in [0.05, 0.1) is 14.2 Å². The fraction of sp³-hybridized carbons (Fsp3) is 0.529. The zero-order valence-electron chi connectivity index (χ0n) is 14.4. The number of likely N-dealkylation sites (N-methyl/N-ethyl adjacent to an activating group) is 1. The third kappa shape index (κ3) is 5.08. The number of benzene rings is 1. The van der Waals surface area contributed by atoms with E-state index in [1.54, 1.807) is 14.2 Å². The van der Waals surface area contributed by atoms with E-state index in [-0.39, 0.29) is 0 Å². The quantitative estimate of drug-likeness (QED) is 0.810.